The number of ether oxygens (including phenoxy) is 1. The van der Waals surface area contributed by atoms with Crippen LogP contribution in [0.1, 0.15) is 19.8 Å². The van der Waals surface area contributed by atoms with Crippen LogP contribution in [-0.2, 0) is 11.5 Å². The molecule has 0 radical (unpaired) electrons. The molecule has 0 spiro atoms. The Morgan fingerprint density at radius 2 is 1.92 bits per heavy atom. The van der Waals surface area contributed by atoms with Gasteiger partial charge in [-0.2, -0.15) is 4.57 Å². The summed E-state index contributed by atoms with van der Waals surface area (Å²) in [5.41, 5.74) is 0. The molecule has 1 aromatic rings. The van der Waals surface area contributed by atoms with Crippen molar-refractivity contribution in [2.75, 3.05) is 6.61 Å². The van der Waals surface area contributed by atoms with E-state index in [0.717, 1.165) is 13.0 Å². The summed E-state index contributed by atoms with van der Waals surface area (Å²) >= 11 is 0. The Hall–Kier alpha value is -0.890. The van der Waals surface area contributed by atoms with Gasteiger partial charge in [-0.15, -0.1) is 0 Å². The lowest BCUT2D eigenvalue weighted by Gasteiger charge is -1.97. The Kier molecular flexibility index (Phi) is 4.39. The number of hydrogen-bond acceptors (Lipinski definition) is 1. The molecule has 0 atom stereocenters. The monoisotopic (exact) mass is 166 g/mol. The van der Waals surface area contributed by atoms with Crippen LogP contribution in [0, 0.1) is 0 Å². The van der Waals surface area contributed by atoms with Crippen LogP contribution in [-0.4, -0.2) is 6.61 Å². The zero-order chi connectivity index (χ0) is 8.65. The molecule has 12 heavy (non-hydrogen) atoms. The zero-order valence-corrected chi connectivity index (χ0v) is 7.57. The normalized spacial score (nSPS) is 10.1. The van der Waals surface area contributed by atoms with Gasteiger partial charge in [-0.1, -0.05) is 19.4 Å². The van der Waals surface area contributed by atoms with Crippen molar-refractivity contribution in [2.24, 2.45) is 0 Å². The van der Waals surface area contributed by atoms with Crippen molar-refractivity contribution >= 4 is 0 Å². The van der Waals surface area contributed by atoms with E-state index in [0.29, 0.717) is 6.73 Å². The number of hydrogen-bond donors (Lipinski definition) is 0. The van der Waals surface area contributed by atoms with Crippen molar-refractivity contribution < 1.29 is 9.30 Å². The Morgan fingerprint density at radius 3 is 2.58 bits per heavy atom. The molecule has 0 bridgehead atoms. The number of aromatic nitrogens is 1. The van der Waals surface area contributed by atoms with Crippen LogP contribution in [0.15, 0.2) is 30.6 Å². The summed E-state index contributed by atoms with van der Waals surface area (Å²) in [5, 5.41) is 0. The predicted molar refractivity (Wildman–Crippen MR) is 47.5 cm³/mol. The van der Waals surface area contributed by atoms with Gasteiger partial charge >= 0.3 is 0 Å². The van der Waals surface area contributed by atoms with Crippen molar-refractivity contribution in [2.45, 2.75) is 26.5 Å². The SMILES string of the molecule is CCCCOC[n+]1ccccc1. The first-order chi connectivity index (χ1) is 5.93. The van der Waals surface area contributed by atoms with Crippen LogP contribution in [0.25, 0.3) is 0 Å². The molecule has 0 aromatic carbocycles. The third-order valence-electron chi connectivity index (χ3n) is 1.66. The van der Waals surface area contributed by atoms with Gasteiger partial charge < -0.3 is 4.74 Å². The highest BCUT2D eigenvalue weighted by atomic mass is 16.5. The van der Waals surface area contributed by atoms with Gasteiger partial charge in [0.05, 0.1) is 6.61 Å². The molecule has 66 valence electrons. The third kappa shape index (κ3) is 3.49. The summed E-state index contributed by atoms with van der Waals surface area (Å²) in [4.78, 5) is 0. The molecule has 0 N–H and O–H groups in total. The van der Waals surface area contributed by atoms with E-state index in [4.69, 9.17) is 4.74 Å². The average molecular weight is 166 g/mol. The molecule has 0 fully saturated rings. The number of unbranched alkanes of at least 4 members (excludes halogenated alkanes) is 1. The van der Waals surface area contributed by atoms with E-state index >= 15 is 0 Å². The number of nitrogens with zero attached hydrogens (tertiary/aromatic N) is 1. The van der Waals surface area contributed by atoms with Crippen LogP contribution in [0.4, 0.5) is 0 Å². The summed E-state index contributed by atoms with van der Waals surface area (Å²) in [6, 6.07) is 6.01. The largest absolute Gasteiger partial charge is 0.323 e. The summed E-state index contributed by atoms with van der Waals surface area (Å²) in [6.45, 7) is 3.69. The Bertz CT molecular complexity index is 198. The highest BCUT2D eigenvalue weighted by Gasteiger charge is 1.95. The Labute approximate surface area is 73.8 Å². The van der Waals surface area contributed by atoms with Crippen LogP contribution < -0.4 is 4.57 Å². The van der Waals surface area contributed by atoms with Gasteiger partial charge in [0, 0.05) is 12.1 Å². The van der Waals surface area contributed by atoms with Crippen molar-refractivity contribution in [1.82, 2.24) is 0 Å². The summed E-state index contributed by atoms with van der Waals surface area (Å²) in [7, 11) is 0. The van der Waals surface area contributed by atoms with Gasteiger partial charge in [0.1, 0.15) is 0 Å². The molecule has 0 aliphatic rings. The van der Waals surface area contributed by atoms with Crippen molar-refractivity contribution in [3.63, 3.8) is 0 Å². The number of rotatable bonds is 5. The topological polar surface area (TPSA) is 13.1 Å². The van der Waals surface area contributed by atoms with Gasteiger partial charge in [-0.25, -0.2) is 0 Å². The predicted octanol–water partition coefficient (Wildman–Crippen LogP) is 1.75. The fourth-order valence-electron chi connectivity index (χ4n) is 0.937. The smallest absolute Gasteiger partial charge is 0.252 e. The van der Waals surface area contributed by atoms with E-state index in [2.05, 4.69) is 6.92 Å². The molecule has 0 aliphatic heterocycles. The molecule has 0 saturated carbocycles. The maximum atomic E-state index is 5.42. The first-order valence-corrected chi connectivity index (χ1v) is 4.45. The summed E-state index contributed by atoms with van der Waals surface area (Å²) < 4.78 is 7.45. The fourth-order valence-corrected chi connectivity index (χ4v) is 0.937. The van der Waals surface area contributed by atoms with E-state index in [-0.39, 0.29) is 0 Å². The lowest BCUT2D eigenvalue weighted by atomic mass is 10.4. The molecule has 1 rings (SSSR count). The van der Waals surface area contributed by atoms with Crippen LogP contribution in [0.3, 0.4) is 0 Å². The molecule has 0 amide bonds. The zero-order valence-electron chi connectivity index (χ0n) is 7.57. The minimum atomic E-state index is 0.668. The standard InChI is InChI=1S/C10H16NO/c1-2-3-9-12-10-11-7-5-4-6-8-11/h4-8H,2-3,9-10H2,1H3/q+1. The highest BCUT2D eigenvalue weighted by molar-refractivity contribution is 4.83. The molecule has 2 nitrogen and oxygen atoms in total. The number of pyridine rings is 1. The van der Waals surface area contributed by atoms with Gasteiger partial charge in [-0.3, -0.25) is 0 Å². The first-order valence-electron chi connectivity index (χ1n) is 4.45. The molecule has 0 aliphatic carbocycles. The van der Waals surface area contributed by atoms with E-state index in [1.165, 1.54) is 6.42 Å². The van der Waals surface area contributed by atoms with Crippen molar-refractivity contribution in [3.05, 3.63) is 30.6 Å². The second-order valence-electron chi connectivity index (χ2n) is 2.78. The van der Waals surface area contributed by atoms with Crippen LogP contribution in [0.5, 0.6) is 0 Å². The first kappa shape index (κ1) is 9.20. The highest BCUT2D eigenvalue weighted by Crippen LogP contribution is 1.87. The van der Waals surface area contributed by atoms with Gasteiger partial charge in [0.25, 0.3) is 6.73 Å². The maximum absolute atomic E-state index is 5.42. The molecule has 0 unspecified atom stereocenters. The minimum absolute atomic E-state index is 0.668. The maximum Gasteiger partial charge on any atom is 0.252 e. The van der Waals surface area contributed by atoms with Gasteiger partial charge in [0.15, 0.2) is 12.4 Å². The quantitative estimate of drug-likeness (QED) is 0.480. The molecule has 2 heteroatoms. The van der Waals surface area contributed by atoms with E-state index in [1.54, 1.807) is 0 Å². The van der Waals surface area contributed by atoms with Gasteiger partial charge in [0.2, 0.25) is 0 Å². The molecular weight excluding hydrogens is 150 g/mol. The van der Waals surface area contributed by atoms with E-state index < -0.39 is 0 Å². The molecule has 1 aromatic heterocycles. The fraction of sp³-hybridized carbons (Fsp3) is 0.500. The second kappa shape index (κ2) is 5.72. The summed E-state index contributed by atoms with van der Waals surface area (Å²) in [5.74, 6) is 0. The lowest BCUT2D eigenvalue weighted by molar-refractivity contribution is -0.732. The van der Waals surface area contributed by atoms with Crippen LogP contribution in [0.2, 0.25) is 0 Å². The van der Waals surface area contributed by atoms with Crippen molar-refractivity contribution in [3.8, 4) is 0 Å². The lowest BCUT2D eigenvalue weighted by Crippen LogP contribution is -2.33. The van der Waals surface area contributed by atoms with Crippen molar-refractivity contribution in [1.29, 1.82) is 0 Å². The van der Waals surface area contributed by atoms with E-state index in [1.807, 2.05) is 35.2 Å². The summed E-state index contributed by atoms with van der Waals surface area (Å²) in [6.07, 6.45) is 6.35. The molecule has 0 saturated heterocycles. The van der Waals surface area contributed by atoms with Gasteiger partial charge in [-0.05, 0) is 6.42 Å². The van der Waals surface area contributed by atoms with Crippen LogP contribution >= 0.6 is 0 Å². The minimum Gasteiger partial charge on any atom is -0.323 e. The molecule has 1 heterocycles. The van der Waals surface area contributed by atoms with E-state index in [9.17, 15) is 0 Å². The average Bonchev–Trinajstić information content (AvgIpc) is 2.14. The second-order valence-corrected chi connectivity index (χ2v) is 2.78. The third-order valence-corrected chi connectivity index (χ3v) is 1.66. The Morgan fingerprint density at radius 1 is 1.17 bits per heavy atom. The molecular formula is C10H16NO+. The Balaban J connectivity index is 2.16.